The third-order valence-corrected chi connectivity index (χ3v) is 3.93. The van der Waals surface area contributed by atoms with E-state index in [0.717, 1.165) is 25.7 Å². The number of aromatic nitrogens is 2. The molecule has 1 aliphatic rings. The van der Waals surface area contributed by atoms with Crippen LogP contribution in [0.2, 0.25) is 0 Å². The summed E-state index contributed by atoms with van der Waals surface area (Å²) >= 11 is 0. The Hall–Kier alpha value is -1.65. The molecule has 0 radical (unpaired) electrons. The molecule has 0 amide bonds. The van der Waals surface area contributed by atoms with E-state index in [0.29, 0.717) is 0 Å². The first-order valence-electron chi connectivity index (χ1n) is 6.67. The van der Waals surface area contributed by atoms with Gasteiger partial charge in [-0.1, -0.05) is 20.3 Å². The highest BCUT2D eigenvalue weighted by Crippen LogP contribution is 2.39. The van der Waals surface area contributed by atoms with E-state index in [2.05, 4.69) is 18.8 Å². The largest absolute Gasteiger partial charge is 0.328 e. The number of H-pyrrole nitrogens is 1. The summed E-state index contributed by atoms with van der Waals surface area (Å²) in [6.07, 6.45) is 4.92. The summed E-state index contributed by atoms with van der Waals surface area (Å²) in [5.41, 5.74) is -0.694. The lowest BCUT2D eigenvalue weighted by Gasteiger charge is -2.35. The maximum Gasteiger partial charge on any atom is 0.328 e. The maximum atomic E-state index is 12.3. The molecular weight excluding hydrogens is 244 g/mol. The first kappa shape index (κ1) is 13.8. The molecular formula is C14H20N2O3. The monoisotopic (exact) mass is 264 g/mol. The van der Waals surface area contributed by atoms with Crippen molar-refractivity contribution in [1.29, 1.82) is 0 Å². The van der Waals surface area contributed by atoms with Gasteiger partial charge >= 0.3 is 5.69 Å². The molecule has 1 fully saturated rings. The van der Waals surface area contributed by atoms with Gasteiger partial charge in [-0.25, -0.2) is 4.79 Å². The van der Waals surface area contributed by atoms with Crippen molar-refractivity contribution in [1.82, 2.24) is 9.55 Å². The van der Waals surface area contributed by atoms with Crippen LogP contribution in [-0.4, -0.2) is 15.3 Å². The van der Waals surface area contributed by atoms with Crippen molar-refractivity contribution >= 4 is 5.78 Å². The zero-order valence-corrected chi connectivity index (χ0v) is 11.7. The summed E-state index contributed by atoms with van der Waals surface area (Å²) < 4.78 is 1.23. The maximum absolute atomic E-state index is 12.3. The second kappa shape index (κ2) is 4.79. The van der Waals surface area contributed by atoms with Crippen molar-refractivity contribution in [3.63, 3.8) is 0 Å². The average Bonchev–Trinajstić information content (AvgIpc) is 2.27. The van der Waals surface area contributed by atoms with Gasteiger partial charge in [-0.15, -0.1) is 0 Å². The van der Waals surface area contributed by atoms with Crippen LogP contribution in [0.1, 0.15) is 62.9 Å². The van der Waals surface area contributed by atoms with E-state index in [1.54, 1.807) is 0 Å². The Morgan fingerprint density at radius 2 is 2.11 bits per heavy atom. The summed E-state index contributed by atoms with van der Waals surface area (Å²) in [7, 11) is 0. The van der Waals surface area contributed by atoms with Crippen molar-refractivity contribution in [2.24, 2.45) is 5.41 Å². The highest BCUT2D eigenvalue weighted by atomic mass is 16.2. The Kier molecular flexibility index (Phi) is 3.47. The zero-order chi connectivity index (χ0) is 14.2. The van der Waals surface area contributed by atoms with E-state index in [1.807, 2.05) is 0 Å². The van der Waals surface area contributed by atoms with E-state index in [1.165, 1.54) is 17.7 Å². The Morgan fingerprint density at radius 3 is 2.68 bits per heavy atom. The third kappa shape index (κ3) is 2.69. The number of nitrogens with zero attached hydrogens (tertiary/aromatic N) is 1. The van der Waals surface area contributed by atoms with Crippen molar-refractivity contribution < 1.29 is 4.79 Å². The molecule has 5 nitrogen and oxygen atoms in total. The number of carbonyl (C=O) groups excluding carboxylic acids is 1. The van der Waals surface area contributed by atoms with Gasteiger partial charge in [0, 0.05) is 12.2 Å². The second-order valence-corrected chi connectivity index (χ2v) is 6.15. The lowest BCUT2D eigenvalue weighted by atomic mass is 9.75. The Bertz CT molecular complexity index is 610. The number of hydrogen-bond donors (Lipinski definition) is 1. The van der Waals surface area contributed by atoms with Gasteiger partial charge in [-0.2, -0.15) is 0 Å². The number of carbonyl (C=O) groups is 1. The molecule has 1 saturated carbocycles. The molecule has 0 spiro atoms. The van der Waals surface area contributed by atoms with E-state index >= 15 is 0 Å². The first-order valence-corrected chi connectivity index (χ1v) is 6.67. The van der Waals surface area contributed by atoms with Gasteiger partial charge in [0.25, 0.3) is 5.56 Å². The smallest absolute Gasteiger partial charge is 0.313 e. The predicted molar refractivity (Wildman–Crippen MR) is 72.6 cm³/mol. The standard InChI is InChI=1S/C14H20N2O3/c1-9(17)11-8-15-13(19)16(12(11)18)10-5-4-6-14(2,3)7-10/h8,10H,4-7H2,1-3H3,(H,15,19). The number of nitrogens with one attached hydrogen (secondary N) is 1. The highest BCUT2D eigenvalue weighted by Gasteiger charge is 2.31. The molecule has 1 aromatic rings. The van der Waals surface area contributed by atoms with Gasteiger partial charge in [0.05, 0.1) is 5.56 Å². The molecule has 1 aliphatic carbocycles. The fraction of sp³-hybridized carbons (Fsp3) is 0.643. The van der Waals surface area contributed by atoms with Crippen LogP contribution in [0.4, 0.5) is 0 Å². The van der Waals surface area contributed by atoms with E-state index in [4.69, 9.17) is 0 Å². The minimum Gasteiger partial charge on any atom is -0.313 e. The number of rotatable bonds is 2. The Morgan fingerprint density at radius 1 is 1.42 bits per heavy atom. The van der Waals surface area contributed by atoms with Crippen LogP contribution < -0.4 is 11.2 Å². The normalized spacial score (nSPS) is 22.2. The summed E-state index contributed by atoms with van der Waals surface area (Å²) in [6.45, 7) is 5.63. The molecule has 1 unspecified atom stereocenters. The van der Waals surface area contributed by atoms with Crippen LogP contribution in [0.3, 0.4) is 0 Å². The van der Waals surface area contributed by atoms with Crippen LogP contribution >= 0.6 is 0 Å². The molecule has 104 valence electrons. The summed E-state index contributed by atoms with van der Waals surface area (Å²) in [4.78, 5) is 38.1. The molecule has 19 heavy (non-hydrogen) atoms. The highest BCUT2D eigenvalue weighted by molar-refractivity contribution is 5.93. The predicted octanol–water partition coefficient (Wildman–Crippen LogP) is 1.88. The Balaban J connectivity index is 2.50. The van der Waals surface area contributed by atoms with Crippen molar-refractivity contribution in [3.05, 3.63) is 32.6 Å². The molecule has 0 saturated heterocycles. The molecule has 1 atom stereocenters. The molecule has 1 aromatic heterocycles. The van der Waals surface area contributed by atoms with Crippen molar-refractivity contribution in [2.45, 2.75) is 52.5 Å². The van der Waals surface area contributed by atoms with Crippen molar-refractivity contribution in [2.75, 3.05) is 0 Å². The number of ketones is 1. The average molecular weight is 264 g/mol. The minimum absolute atomic E-state index is 0.0583. The quantitative estimate of drug-likeness (QED) is 0.829. The molecule has 5 heteroatoms. The number of hydrogen-bond acceptors (Lipinski definition) is 3. The van der Waals surface area contributed by atoms with Crippen LogP contribution in [0.25, 0.3) is 0 Å². The molecule has 0 aromatic carbocycles. The minimum atomic E-state index is -0.459. The van der Waals surface area contributed by atoms with Crippen LogP contribution in [0.5, 0.6) is 0 Å². The van der Waals surface area contributed by atoms with Gasteiger partial charge in [0.1, 0.15) is 0 Å². The van der Waals surface area contributed by atoms with Gasteiger partial charge < -0.3 is 4.98 Å². The Labute approximate surface area is 111 Å². The van der Waals surface area contributed by atoms with Crippen LogP contribution in [0, 0.1) is 5.41 Å². The van der Waals surface area contributed by atoms with Gasteiger partial charge in [-0.05, 0) is 31.6 Å². The second-order valence-electron chi connectivity index (χ2n) is 6.15. The lowest BCUT2D eigenvalue weighted by Crippen LogP contribution is -2.42. The van der Waals surface area contributed by atoms with E-state index in [-0.39, 0.29) is 22.8 Å². The first-order chi connectivity index (χ1) is 8.82. The summed E-state index contributed by atoms with van der Waals surface area (Å²) in [5, 5.41) is 0. The van der Waals surface area contributed by atoms with Crippen LogP contribution in [-0.2, 0) is 0 Å². The third-order valence-electron chi connectivity index (χ3n) is 3.93. The topological polar surface area (TPSA) is 71.9 Å². The number of Topliss-reactive ketones (excluding diaryl/α,β-unsaturated/α-hetero) is 1. The lowest BCUT2D eigenvalue weighted by molar-refractivity contribution is 0.101. The molecule has 1 heterocycles. The van der Waals surface area contributed by atoms with Gasteiger partial charge in [-0.3, -0.25) is 14.2 Å². The SMILES string of the molecule is CC(=O)c1c[nH]c(=O)n(C2CCCC(C)(C)C2)c1=O. The molecule has 2 rings (SSSR count). The summed E-state index contributed by atoms with van der Waals surface area (Å²) in [6, 6.07) is -0.112. The van der Waals surface area contributed by atoms with Crippen molar-refractivity contribution in [3.8, 4) is 0 Å². The molecule has 1 N–H and O–H groups in total. The fourth-order valence-electron chi connectivity index (χ4n) is 2.95. The van der Waals surface area contributed by atoms with Gasteiger partial charge in [0.2, 0.25) is 0 Å². The van der Waals surface area contributed by atoms with Crippen LogP contribution in [0.15, 0.2) is 15.8 Å². The summed E-state index contributed by atoms with van der Waals surface area (Å²) in [5.74, 6) is -0.315. The zero-order valence-electron chi connectivity index (χ0n) is 11.7. The molecule has 0 bridgehead atoms. The molecule has 0 aliphatic heterocycles. The van der Waals surface area contributed by atoms with E-state index < -0.39 is 11.2 Å². The number of aromatic amines is 1. The van der Waals surface area contributed by atoms with E-state index in [9.17, 15) is 14.4 Å². The van der Waals surface area contributed by atoms with Gasteiger partial charge in [0.15, 0.2) is 5.78 Å². The fourth-order valence-corrected chi connectivity index (χ4v) is 2.95.